The Morgan fingerprint density at radius 2 is 1.81 bits per heavy atom. The highest BCUT2D eigenvalue weighted by Gasteiger charge is 2.13. The van der Waals surface area contributed by atoms with Crippen molar-refractivity contribution in [2.75, 3.05) is 11.9 Å². The van der Waals surface area contributed by atoms with Gasteiger partial charge in [0.15, 0.2) is 11.5 Å². The van der Waals surface area contributed by atoms with Crippen molar-refractivity contribution in [2.45, 2.75) is 20.5 Å². The van der Waals surface area contributed by atoms with E-state index < -0.39 is 5.91 Å². The molecular formula is C26H23ClN2O3. The summed E-state index contributed by atoms with van der Waals surface area (Å²) in [4.78, 5) is 12.5. The second-order valence-corrected chi connectivity index (χ2v) is 7.42. The molecule has 0 bridgehead atoms. The van der Waals surface area contributed by atoms with Crippen LogP contribution in [0.4, 0.5) is 5.69 Å². The third-order valence-electron chi connectivity index (χ3n) is 4.58. The predicted octanol–water partition coefficient (Wildman–Crippen LogP) is 6.17. The number of nitrogens with one attached hydrogen (secondary N) is 1. The van der Waals surface area contributed by atoms with Crippen molar-refractivity contribution in [3.05, 3.63) is 94.0 Å². The highest BCUT2D eigenvalue weighted by molar-refractivity contribution is 6.34. The fourth-order valence-corrected chi connectivity index (χ4v) is 3.10. The van der Waals surface area contributed by atoms with Crippen LogP contribution in [0.3, 0.4) is 0 Å². The highest BCUT2D eigenvalue weighted by atomic mass is 35.5. The minimum Gasteiger partial charge on any atom is -0.490 e. The third-order valence-corrected chi connectivity index (χ3v) is 4.91. The summed E-state index contributed by atoms with van der Waals surface area (Å²) in [5, 5.41) is 12.5. The minimum atomic E-state index is -0.543. The first-order chi connectivity index (χ1) is 15.5. The number of para-hydroxylation sites is 1. The zero-order valence-corrected chi connectivity index (χ0v) is 18.6. The molecule has 0 aliphatic rings. The largest absolute Gasteiger partial charge is 0.490 e. The van der Waals surface area contributed by atoms with E-state index >= 15 is 0 Å². The summed E-state index contributed by atoms with van der Waals surface area (Å²) in [7, 11) is 0. The van der Waals surface area contributed by atoms with Crippen LogP contribution in [-0.4, -0.2) is 12.5 Å². The van der Waals surface area contributed by atoms with Crippen molar-refractivity contribution in [3.8, 4) is 17.6 Å². The van der Waals surface area contributed by atoms with Crippen molar-refractivity contribution in [3.63, 3.8) is 0 Å². The summed E-state index contributed by atoms with van der Waals surface area (Å²) in [5.74, 6) is 0.582. The van der Waals surface area contributed by atoms with E-state index in [2.05, 4.69) is 5.32 Å². The molecule has 0 aliphatic carbocycles. The first kappa shape index (κ1) is 22.9. The molecule has 0 aromatic heterocycles. The molecule has 3 rings (SSSR count). The number of halogens is 1. The molecular weight excluding hydrogens is 424 g/mol. The number of aryl methyl sites for hydroxylation is 1. The van der Waals surface area contributed by atoms with Gasteiger partial charge in [0.25, 0.3) is 5.91 Å². The van der Waals surface area contributed by atoms with E-state index in [-0.39, 0.29) is 5.57 Å². The molecule has 6 heteroatoms. The van der Waals surface area contributed by atoms with E-state index in [1.54, 1.807) is 42.5 Å². The summed E-state index contributed by atoms with van der Waals surface area (Å²) >= 11 is 6.08. The standard InChI is InChI=1S/C26H23ClN2O3/c1-3-31-25-15-20(12-13-24(25)32-17-19-10-8-18(2)9-11-19)14-21(16-28)26(30)29-23-7-5-4-6-22(23)27/h4-15H,3,17H2,1-2H3,(H,29,30)/b21-14+. The number of carbonyl (C=O) groups excluding carboxylic acids is 1. The summed E-state index contributed by atoms with van der Waals surface area (Å²) in [5.41, 5.74) is 3.26. The van der Waals surface area contributed by atoms with Crippen molar-refractivity contribution in [2.24, 2.45) is 0 Å². The van der Waals surface area contributed by atoms with E-state index in [0.29, 0.717) is 41.0 Å². The predicted molar refractivity (Wildman–Crippen MR) is 127 cm³/mol. The molecule has 32 heavy (non-hydrogen) atoms. The molecule has 3 aromatic rings. The van der Waals surface area contributed by atoms with Crippen molar-refractivity contribution in [1.82, 2.24) is 0 Å². The van der Waals surface area contributed by atoms with Gasteiger partial charge in [-0.3, -0.25) is 4.79 Å². The lowest BCUT2D eigenvalue weighted by molar-refractivity contribution is -0.112. The van der Waals surface area contributed by atoms with Crippen LogP contribution < -0.4 is 14.8 Å². The average Bonchev–Trinajstić information content (AvgIpc) is 2.79. The van der Waals surface area contributed by atoms with Gasteiger partial charge >= 0.3 is 0 Å². The van der Waals surface area contributed by atoms with E-state index in [0.717, 1.165) is 5.56 Å². The molecule has 0 aliphatic heterocycles. The Morgan fingerprint density at radius 3 is 2.50 bits per heavy atom. The van der Waals surface area contributed by atoms with Crippen LogP contribution in [0, 0.1) is 18.3 Å². The van der Waals surface area contributed by atoms with Gasteiger partial charge in [-0.2, -0.15) is 5.26 Å². The van der Waals surface area contributed by atoms with Crippen molar-refractivity contribution >= 4 is 29.3 Å². The molecule has 0 spiro atoms. The van der Waals surface area contributed by atoms with E-state index in [1.807, 2.05) is 44.2 Å². The van der Waals surface area contributed by atoms with Crippen molar-refractivity contribution < 1.29 is 14.3 Å². The fraction of sp³-hybridized carbons (Fsp3) is 0.154. The summed E-state index contributed by atoms with van der Waals surface area (Å²) in [6.07, 6.45) is 1.50. The average molecular weight is 447 g/mol. The van der Waals surface area contributed by atoms with E-state index in [1.165, 1.54) is 11.6 Å². The van der Waals surface area contributed by atoms with E-state index in [9.17, 15) is 10.1 Å². The molecule has 0 atom stereocenters. The second-order valence-electron chi connectivity index (χ2n) is 7.02. The number of carbonyl (C=O) groups is 1. The maximum atomic E-state index is 12.5. The van der Waals surface area contributed by atoms with Gasteiger partial charge < -0.3 is 14.8 Å². The Labute approximate surface area is 192 Å². The molecule has 162 valence electrons. The second kappa shape index (κ2) is 11.0. The number of hydrogen-bond donors (Lipinski definition) is 1. The Kier molecular flexibility index (Phi) is 7.91. The van der Waals surface area contributed by atoms with Gasteiger partial charge in [0.1, 0.15) is 18.2 Å². The smallest absolute Gasteiger partial charge is 0.266 e. The first-order valence-electron chi connectivity index (χ1n) is 10.1. The quantitative estimate of drug-likeness (QED) is 0.331. The maximum absolute atomic E-state index is 12.5. The van der Waals surface area contributed by atoms with Gasteiger partial charge in [0, 0.05) is 0 Å². The van der Waals surface area contributed by atoms with Gasteiger partial charge in [-0.25, -0.2) is 0 Å². The van der Waals surface area contributed by atoms with Gasteiger partial charge in [-0.15, -0.1) is 0 Å². The number of benzene rings is 3. The lowest BCUT2D eigenvalue weighted by Gasteiger charge is -2.13. The van der Waals surface area contributed by atoms with Gasteiger partial charge in [-0.1, -0.05) is 59.6 Å². The minimum absolute atomic E-state index is 0.0549. The monoisotopic (exact) mass is 446 g/mol. The fourth-order valence-electron chi connectivity index (χ4n) is 2.91. The molecule has 5 nitrogen and oxygen atoms in total. The molecule has 1 N–H and O–H groups in total. The third kappa shape index (κ3) is 6.13. The Morgan fingerprint density at radius 1 is 1.06 bits per heavy atom. The first-order valence-corrected chi connectivity index (χ1v) is 10.5. The van der Waals surface area contributed by atoms with Crippen molar-refractivity contribution in [1.29, 1.82) is 5.26 Å². The summed E-state index contributed by atoms with van der Waals surface area (Å²) < 4.78 is 11.7. The Bertz CT molecular complexity index is 1160. The number of anilines is 1. The SMILES string of the molecule is CCOc1cc(/C=C(\C#N)C(=O)Nc2ccccc2Cl)ccc1OCc1ccc(C)cc1. The number of amides is 1. The molecule has 1 amide bonds. The normalized spacial score (nSPS) is 10.9. The van der Waals surface area contributed by atoms with Crippen LogP contribution in [0.25, 0.3) is 6.08 Å². The number of nitriles is 1. The van der Waals surface area contributed by atoms with Crippen LogP contribution in [0.5, 0.6) is 11.5 Å². The zero-order chi connectivity index (χ0) is 22.9. The molecule has 0 saturated heterocycles. The van der Waals surface area contributed by atoms with Crippen LogP contribution in [0.2, 0.25) is 5.02 Å². The van der Waals surface area contributed by atoms with Crippen LogP contribution in [0.15, 0.2) is 72.3 Å². The van der Waals surface area contributed by atoms with Crippen LogP contribution in [-0.2, 0) is 11.4 Å². The molecule has 0 fully saturated rings. The summed E-state index contributed by atoms with van der Waals surface area (Å²) in [6, 6.07) is 22.2. The van der Waals surface area contributed by atoms with Crippen LogP contribution >= 0.6 is 11.6 Å². The molecule has 0 saturated carbocycles. The molecule has 3 aromatic carbocycles. The highest BCUT2D eigenvalue weighted by Crippen LogP contribution is 2.30. The van der Waals surface area contributed by atoms with E-state index in [4.69, 9.17) is 21.1 Å². The van der Waals surface area contributed by atoms with Crippen LogP contribution in [0.1, 0.15) is 23.6 Å². The molecule has 0 radical (unpaired) electrons. The molecule has 0 unspecified atom stereocenters. The topological polar surface area (TPSA) is 71.3 Å². The van der Waals surface area contributed by atoms with Gasteiger partial charge in [-0.05, 0) is 55.3 Å². The molecule has 0 heterocycles. The Hall–Kier alpha value is -3.75. The lowest BCUT2D eigenvalue weighted by atomic mass is 10.1. The number of rotatable bonds is 8. The maximum Gasteiger partial charge on any atom is 0.266 e. The Balaban J connectivity index is 1.78. The lowest BCUT2D eigenvalue weighted by Crippen LogP contribution is -2.13. The summed E-state index contributed by atoms with van der Waals surface area (Å²) in [6.45, 7) is 4.77. The number of hydrogen-bond acceptors (Lipinski definition) is 4. The number of nitrogens with zero attached hydrogens (tertiary/aromatic N) is 1. The number of ether oxygens (including phenoxy) is 2. The van der Waals surface area contributed by atoms with Gasteiger partial charge in [0.2, 0.25) is 0 Å². The van der Waals surface area contributed by atoms with Gasteiger partial charge in [0.05, 0.1) is 17.3 Å². The zero-order valence-electron chi connectivity index (χ0n) is 17.9.